The van der Waals surface area contributed by atoms with E-state index in [4.69, 9.17) is 0 Å². The van der Waals surface area contributed by atoms with Crippen molar-refractivity contribution >= 4 is 5.91 Å². The van der Waals surface area contributed by atoms with Gasteiger partial charge in [-0.25, -0.2) is 0 Å². The average molecular weight is 244 g/mol. The predicted molar refractivity (Wildman–Crippen MR) is 71.3 cm³/mol. The maximum atomic E-state index is 12.0. The van der Waals surface area contributed by atoms with Gasteiger partial charge in [-0.1, -0.05) is 24.3 Å². The van der Waals surface area contributed by atoms with Crippen molar-refractivity contribution in [3.63, 3.8) is 0 Å². The van der Waals surface area contributed by atoms with Gasteiger partial charge in [-0.05, 0) is 43.5 Å². The van der Waals surface area contributed by atoms with Crippen LogP contribution in [0.1, 0.15) is 30.9 Å². The summed E-state index contributed by atoms with van der Waals surface area (Å²) in [7, 11) is 0. The molecule has 3 rings (SSSR count). The van der Waals surface area contributed by atoms with Crippen LogP contribution in [0.4, 0.5) is 0 Å². The van der Waals surface area contributed by atoms with Crippen LogP contribution in [0, 0.1) is 0 Å². The first kappa shape index (κ1) is 11.7. The van der Waals surface area contributed by atoms with Crippen LogP contribution in [-0.4, -0.2) is 30.4 Å². The van der Waals surface area contributed by atoms with Crippen molar-refractivity contribution in [3.8, 4) is 0 Å². The van der Waals surface area contributed by atoms with E-state index >= 15 is 0 Å². The number of fused-ring (bicyclic) bond motifs is 2. The second-order valence-electron chi connectivity index (χ2n) is 5.36. The summed E-state index contributed by atoms with van der Waals surface area (Å²) in [5.74, 6) is 0.214. The number of hydrogen-bond donors (Lipinski definition) is 1. The van der Waals surface area contributed by atoms with E-state index in [1.165, 1.54) is 11.1 Å². The molecule has 3 heteroatoms. The van der Waals surface area contributed by atoms with Crippen LogP contribution in [-0.2, 0) is 16.8 Å². The summed E-state index contributed by atoms with van der Waals surface area (Å²) in [4.78, 5) is 14.1. The summed E-state index contributed by atoms with van der Waals surface area (Å²) in [6.45, 7) is 4.57. The van der Waals surface area contributed by atoms with Gasteiger partial charge in [0.1, 0.15) is 0 Å². The first-order valence-corrected chi connectivity index (χ1v) is 6.81. The van der Waals surface area contributed by atoms with Crippen LogP contribution >= 0.6 is 0 Å². The number of amides is 1. The number of carbonyl (C=O) groups excluding carboxylic acids is 1. The zero-order valence-corrected chi connectivity index (χ0v) is 10.9. The van der Waals surface area contributed by atoms with E-state index in [0.29, 0.717) is 0 Å². The summed E-state index contributed by atoms with van der Waals surface area (Å²) < 4.78 is 0. The molecule has 0 atom stereocenters. The maximum Gasteiger partial charge on any atom is 0.220 e. The molecule has 96 valence electrons. The van der Waals surface area contributed by atoms with Gasteiger partial charge in [-0.2, -0.15) is 0 Å². The zero-order valence-electron chi connectivity index (χ0n) is 10.9. The van der Waals surface area contributed by atoms with E-state index in [0.717, 1.165) is 38.9 Å². The third-order valence-corrected chi connectivity index (χ3v) is 4.45. The number of nitrogens with zero attached hydrogens (tertiary/aromatic N) is 1. The lowest BCUT2D eigenvalue weighted by Gasteiger charge is -2.50. The maximum absolute atomic E-state index is 12.0. The minimum Gasteiger partial charge on any atom is -0.333 e. The number of benzene rings is 1. The molecule has 0 radical (unpaired) electrons. The van der Waals surface area contributed by atoms with Crippen molar-refractivity contribution in [2.45, 2.75) is 31.7 Å². The molecule has 0 aliphatic carbocycles. The molecule has 1 fully saturated rings. The molecule has 1 saturated heterocycles. The van der Waals surface area contributed by atoms with E-state index < -0.39 is 0 Å². The van der Waals surface area contributed by atoms with E-state index in [-0.39, 0.29) is 11.4 Å². The molecule has 2 aliphatic heterocycles. The monoisotopic (exact) mass is 244 g/mol. The number of piperidine rings is 1. The molecule has 1 aromatic carbocycles. The van der Waals surface area contributed by atoms with Crippen LogP contribution in [0.5, 0.6) is 0 Å². The molecule has 2 aliphatic rings. The van der Waals surface area contributed by atoms with Gasteiger partial charge in [-0.3, -0.25) is 4.79 Å². The van der Waals surface area contributed by atoms with Crippen molar-refractivity contribution in [1.82, 2.24) is 10.2 Å². The van der Waals surface area contributed by atoms with Gasteiger partial charge in [0.2, 0.25) is 5.91 Å². The third kappa shape index (κ3) is 1.65. The Kier molecular flexibility index (Phi) is 2.86. The largest absolute Gasteiger partial charge is 0.333 e. The molecule has 1 N–H and O–H groups in total. The third-order valence-electron chi connectivity index (χ3n) is 4.45. The molecule has 18 heavy (non-hydrogen) atoms. The lowest BCUT2D eigenvalue weighted by molar-refractivity contribution is -0.138. The fraction of sp³-hybridized carbons (Fsp3) is 0.533. The smallest absolute Gasteiger partial charge is 0.220 e. The Hall–Kier alpha value is -1.35. The lowest BCUT2D eigenvalue weighted by atomic mass is 9.74. The Labute approximate surface area is 108 Å². The summed E-state index contributed by atoms with van der Waals surface area (Å²) in [5, 5.41) is 3.41. The Morgan fingerprint density at radius 1 is 1.28 bits per heavy atom. The highest BCUT2D eigenvalue weighted by Gasteiger charge is 2.44. The lowest BCUT2D eigenvalue weighted by Crippen LogP contribution is -2.57. The highest BCUT2D eigenvalue weighted by atomic mass is 16.2. The second-order valence-corrected chi connectivity index (χ2v) is 5.36. The van der Waals surface area contributed by atoms with E-state index in [9.17, 15) is 4.79 Å². The Bertz CT molecular complexity index is 463. The van der Waals surface area contributed by atoms with Crippen molar-refractivity contribution in [1.29, 1.82) is 0 Å². The molecular weight excluding hydrogens is 224 g/mol. The minimum atomic E-state index is -0.0497. The highest BCUT2D eigenvalue weighted by Crippen LogP contribution is 2.42. The fourth-order valence-electron chi connectivity index (χ4n) is 3.62. The van der Waals surface area contributed by atoms with Gasteiger partial charge in [0.25, 0.3) is 0 Å². The number of hydrogen-bond acceptors (Lipinski definition) is 2. The van der Waals surface area contributed by atoms with Crippen LogP contribution in [0.2, 0.25) is 0 Å². The van der Waals surface area contributed by atoms with E-state index in [2.05, 4.69) is 34.5 Å². The Balaban J connectivity index is 2.11. The molecule has 3 nitrogen and oxygen atoms in total. The van der Waals surface area contributed by atoms with Gasteiger partial charge in [0.15, 0.2) is 0 Å². The van der Waals surface area contributed by atoms with E-state index in [1.54, 1.807) is 6.92 Å². The topological polar surface area (TPSA) is 32.3 Å². The summed E-state index contributed by atoms with van der Waals surface area (Å²) in [6, 6.07) is 8.65. The molecule has 0 bridgehead atoms. The first-order valence-electron chi connectivity index (χ1n) is 6.81. The summed E-state index contributed by atoms with van der Waals surface area (Å²) in [6.07, 6.45) is 3.05. The van der Waals surface area contributed by atoms with Crippen molar-refractivity contribution in [3.05, 3.63) is 35.4 Å². The molecule has 1 amide bonds. The quantitative estimate of drug-likeness (QED) is 0.753. The van der Waals surface area contributed by atoms with Gasteiger partial charge >= 0.3 is 0 Å². The molecule has 0 aromatic heterocycles. The molecule has 1 spiro atoms. The number of carbonyl (C=O) groups is 1. The van der Waals surface area contributed by atoms with Crippen LogP contribution in [0.25, 0.3) is 0 Å². The van der Waals surface area contributed by atoms with Crippen molar-refractivity contribution in [2.75, 3.05) is 19.6 Å². The Morgan fingerprint density at radius 3 is 2.72 bits per heavy atom. The number of nitrogens with one attached hydrogen (secondary N) is 1. The van der Waals surface area contributed by atoms with E-state index in [1.807, 2.05) is 0 Å². The van der Waals surface area contributed by atoms with Crippen LogP contribution < -0.4 is 5.32 Å². The predicted octanol–water partition coefficient (Wildman–Crippen LogP) is 1.67. The van der Waals surface area contributed by atoms with Gasteiger partial charge in [0, 0.05) is 13.5 Å². The van der Waals surface area contributed by atoms with Gasteiger partial charge < -0.3 is 10.2 Å². The van der Waals surface area contributed by atoms with Crippen LogP contribution in [0.15, 0.2) is 24.3 Å². The molecule has 0 unspecified atom stereocenters. The van der Waals surface area contributed by atoms with Crippen LogP contribution in [0.3, 0.4) is 0 Å². The van der Waals surface area contributed by atoms with Crippen molar-refractivity contribution in [2.24, 2.45) is 0 Å². The SMILES string of the molecule is CC(=O)N1CCc2ccccc2C12CCNCC2. The summed E-state index contributed by atoms with van der Waals surface area (Å²) >= 11 is 0. The first-order chi connectivity index (χ1) is 8.74. The number of rotatable bonds is 0. The zero-order chi connectivity index (χ0) is 12.6. The minimum absolute atomic E-state index is 0.0497. The molecule has 0 saturated carbocycles. The average Bonchev–Trinajstić information content (AvgIpc) is 2.40. The van der Waals surface area contributed by atoms with Gasteiger partial charge in [0.05, 0.1) is 5.54 Å². The highest BCUT2D eigenvalue weighted by molar-refractivity contribution is 5.75. The van der Waals surface area contributed by atoms with Crippen molar-refractivity contribution < 1.29 is 4.79 Å². The fourth-order valence-corrected chi connectivity index (χ4v) is 3.62. The van der Waals surface area contributed by atoms with Gasteiger partial charge in [-0.15, -0.1) is 0 Å². The standard InChI is InChI=1S/C15H20N2O/c1-12(18)17-11-6-13-4-2-3-5-14(13)15(17)7-9-16-10-8-15/h2-5,16H,6-11H2,1H3. The Morgan fingerprint density at radius 2 is 2.00 bits per heavy atom. The normalized spacial score (nSPS) is 21.7. The second kappa shape index (κ2) is 4.39. The molecule has 2 heterocycles. The molecular formula is C15H20N2O. The summed E-state index contributed by atoms with van der Waals surface area (Å²) in [5.41, 5.74) is 2.76. The molecule has 1 aromatic rings.